The Morgan fingerprint density at radius 2 is 1.64 bits per heavy atom. The number of hydrogen-bond acceptors (Lipinski definition) is 3. The third-order valence-corrected chi connectivity index (χ3v) is 5.27. The molecular weight excluding hydrogens is 348 g/mol. The van der Waals surface area contributed by atoms with Crippen molar-refractivity contribution in [2.24, 2.45) is 0 Å². The van der Waals surface area contributed by atoms with Gasteiger partial charge in [-0.25, -0.2) is 0 Å². The summed E-state index contributed by atoms with van der Waals surface area (Å²) in [6.45, 7) is 4.03. The summed E-state index contributed by atoms with van der Waals surface area (Å²) >= 11 is 0. The molecule has 0 saturated carbocycles. The van der Waals surface area contributed by atoms with E-state index in [9.17, 15) is 4.79 Å². The normalized spacial score (nSPS) is 14.7. The topological polar surface area (TPSA) is 41.6 Å². The standard InChI is InChI=1S/C24H26N2O2/c27-24(23-10-6-8-19-7-2-3-9-22(19)23)25-20-11-13-21(14-12-20)28-18-17-26-15-4-1-5-16-26/h2-3,6-14H,1,4-5,15-18H2,(H,25,27). The highest BCUT2D eigenvalue weighted by Crippen LogP contribution is 2.21. The third-order valence-electron chi connectivity index (χ3n) is 5.27. The number of ether oxygens (including phenoxy) is 1. The smallest absolute Gasteiger partial charge is 0.256 e. The van der Waals surface area contributed by atoms with Crippen molar-refractivity contribution >= 4 is 22.4 Å². The predicted molar refractivity (Wildman–Crippen MR) is 114 cm³/mol. The second kappa shape index (κ2) is 8.89. The van der Waals surface area contributed by atoms with Crippen molar-refractivity contribution in [2.45, 2.75) is 19.3 Å². The van der Waals surface area contributed by atoms with E-state index in [2.05, 4.69) is 10.2 Å². The van der Waals surface area contributed by atoms with Crippen LogP contribution in [0.25, 0.3) is 10.8 Å². The van der Waals surface area contributed by atoms with Crippen molar-refractivity contribution in [1.82, 2.24) is 4.90 Å². The molecule has 0 bridgehead atoms. The summed E-state index contributed by atoms with van der Waals surface area (Å²) in [6, 6.07) is 21.3. The Morgan fingerprint density at radius 3 is 2.46 bits per heavy atom. The fourth-order valence-corrected chi connectivity index (χ4v) is 3.73. The van der Waals surface area contributed by atoms with Gasteiger partial charge in [0.05, 0.1) is 0 Å². The van der Waals surface area contributed by atoms with E-state index in [1.807, 2.05) is 66.7 Å². The van der Waals surface area contributed by atoms with E-state index in [1.54, 1.807) is 0 Å². The van der Waals surface area contributed by atoms with Crippen molar-refractivity contribution in [2.75, 3.05) is 31.6 Å². The summed E-state index contributed by atoms with van der Waals surface area (Å²) in [4.78, 5) is 15.2. The first-order chi connectivity index (χ1) is 13.8. The van der Waals surface area contributed by atoms with Crippen LogP contribution in [0.3, 0.4) is 0 Å². The van der Waals surface area contributed by atoms with Gasteiger partial charge in [-0.05, 0) is 67.0 Å². The third kappa shape index (κ3) is 4.52. The number of amides is 1. The second-order valence-corrected chi connectivity index (χ2v) is 7.26. The van der Waals surface area contributed by atoms with Crippen LogP contribution in [-0.2, 0) is 0 Å². The SMILES string of the molecule is O=C(Nc1ccc(OCCN2CCCCC2)cc1)c1cccc2ccccc12. The minimum Gasteiger partial charge on any atom is -0.492 e. The van der Waals surface area contributed by atoms with Gasteiger partial charge in [-0.15, -0.1) is 0 Å². The molecule has 1 amide bonds. The highest BCUT2D eigenvalue weighted by molar-refractivity contribution is 6.12. The lowest BCUT2D eigenvalue weighted by Gasteiger charge is -2.26. The molecule has 4 rings (SSSR count). The summed E-state index contributed by atoms with van der Waals surface area (Å²) in [5, 5.41) is 5.00. The molecule has 144 valence electrons. The number of likely N-dealkylation sites (tertiary alicyclic amines) is 1. The van der Waals surface area contributed by atoms with E-state index >= 15 is 0 Å². The van der Waals surface area contributed by atoms with E-state index in [1.165, 1.54) is 32.4 Å². The van der Waals surface area contributed by atoms with E-state index in [0.29, 0.717) is 12.2 Å². The number of rotatable bonds is 6. The molecule has 1 aliphatic rings. The Labute approximate surface area is 166 Å². The molecule has 0 aromatic heterocycles. The van der Waals surface area contributed by atoms with Gasteiger partial charge in [-0.3, -0.25) is 9.69 Å². The lowest BCUT2D eigenvalue weighted by molar-refractivity contribution is 0.102. The molecule has 1 aliphatic heterocycles. The van der Waals surface area contributed by atoms with Gasteiger partial charge < -0.3 is 10.1 Å². The van der Waals surface area contributed by atoms with Crippen molar-refractivity contribution < 1.29 is 9.53 Å². The summed E-state index contributed by atoms with van der Waals surface area (Å²) in [5.41, 5.74) is 1.45. The molecule has 0 spiro atoms. The van der Waals surface area contributed by atoms with Crippen molar-refractivity contribution in [1.29, 1.82) is 0 Å². The summed E-state index contributed by atoms with van der Waals surface area (Å²) in [7, 11) is 0. The first-order valence-electron chi connectivity index (χ1n) is 10.0. The Hall–Kier alpha value is -2.85. The lowest BCUT2D eigenvalue weighted by Crippen LogP contribution is -2.33. The fraction of sp³-hybridized carbons (Fsp3) is 0.292. The number of hydrogen-bond donors (Lipinski definition) is 1. The van der Waals surface area contributed by atoms with Crippen LogP contribution >= 0.6 is 0 Å². The zero-order valence-corrected chi connectivity index (χ0v) is 16.1. The van der Waals surface area contributed by atoms with Crippen molar-refractivity contribution in [3.05, 3.63) is 72.3 Å². The highest BCUT2D eigenvalue weighted by atomic mass is 16.5. The van der Waals surface area contributed by atoms with Crippen LogP contribution in [0.5, 0.6) is 5.75 Å². The maximum Gasteiger partial charge on any atom is 0.256 e. The molecule has 0 radical (unpaired) electrons. The maximum atomic E-state index is 12.7. The van der Waals surface area contributed by atoms with Gasteiger partial charge >= 0.3 is 0 Å². The van der Waals surface area contributed by atoms with E-state index < -0.39 is 0 Å². The average molecular weight is 374 g/mol. The monoisotopic (exact) mass is 374 g/mol. The molecule has 3 aromatic carbocycles. The summed E-state index contributed by atoms with van der Waals surface area (Å²) in [6.07, 6.45) is 3.94. The number of benzene rings is 3. The van der Waals surface area contributed by atoms with Crippen LogP contribution in [0, 0.1) is 0 Å². The molecule has 1 N–H and O–H groups in total. The number of nitrogens with zero attached hydrogens (tertiary/aromatic N) is 1. The largest absolute Gasteiger partial charge is 0.492 e. The average Bonchev–Trinajstić information content (AvgIpc) is 2.75. The molecule has 1 saturated heterocycles. The zero-order valence-electron chi connectivity index (χ0n) is 16.1. The lowest BCUT2D eigenvalue weighted by atomic mass is 10.0. The van der Waals surface area contributed by atoms with E-state index in [-0.39, 0.29) is 5.91 Å². The van der Waals surface area contributed by atoms with Crippen LogP contribution in [0.1, 0.15) is 29.6 Å². The number of fused-ring (bicyclic) bond motifs is 1. The molecule has 4 heteroatoms. The minimum atomic E-state index is -0.101. The van der Waals surface area contributed by atoms with Crippen LogP contribution in [0.4, 0.5) is 5.69 Å². The Morgan fingerprint density at radius 1 is 0.893 bits per heavy atom. The minimum absolute atomic E-state index is 0.101. The molecule has 0 unspecified atom stereocenters. The quantitative estimate of drug-likeness (QED) is 0.663. The predicted octanol–water partition coefficient (Wildman–Crippen LogP) is 4.96. The van der Waals surface area contributed by atoms with Gasteiger partial charge in [0.25, 0.3) is 5.91 Å². The zero-order chi connectivity index (χ0) is 19.2. The molecule has 1 fully saturated rings. The van der Waals surface area contributed by atoms with Crippen LogP contribution < -0.4 is 10.1 Å². The molecule has 28 heavy (non-hydrogen) atoms. The second-order valence-electron chi connectivity index (χ2n) is 7.26. The Balaban J connectivity index is 1.34. The van der Waals surface area contributed by atoms with Gasteiger partial charge in [0.2, 0.25) is 0 Å². The van der Waals surface area contributed by atoms with Gasteiger partial charge in [0, 0.05) is 17.8 Å². The first-order valence-corrected chi connectivity index (χ1v) is 10.0. The Kier molecular flexibility index (Phi) is 5.88. The summed E-state index contributed by atoms with van der Waals surface area (Å²) in [5.74, 6) is 0.732. The number of carbonyl (C=O) groups excluding carboxylic acids is 1. The van der Waals surface area contributed by atoms with Gasteiger partial charge in [0.1, 0.15) is 12.4 Å². The van der Waals surface area contributed by atoms with Crippen molar-refractivity contribution in [3.8, 4) is 5.75 Å². The highest BCUT2D eigenvalue weighted by Gasteiger charge is 2.11. The molecule has 0 atom stereocenters. The molecular formula is C24H26N2O2. The summed E-state index contributed by atoms with van der Waals surface area (Å²) < 4.78 is 5.86. The number of nitrogens with one attached hydrogen (secondary N) is 1. The molecule has 0 aliphatic carbocycles. The Bertz CT molecular complexity index is 925. The maximum absolute atomic E-state index is 12.7. The van der Waals surface area contributed by atoms with Crippen LogP contribution in [-0.4, -0.2) is 37.0 Å². The molecule has 4 nitrogen and oxygen atoms in total. The van der Waals surface area contributed by atoms with E-state index in [4.69, 9.17) is 4.74 Å². The van der Waals surface area contributed by atoms with Gasteiger partial charge in [-0.1, -0.05) is 42.8 Å². The molecule has 3 aromatic rings. The van der Waals surface area contributed by atoms with Gasteiger partial charge in [0.15, 0.2) is 0 Å². The first kappa shape index (κ1) is 18.5. The fourth-order valence-electron chi connectivity index (χ4n) is 3.73. The van der Waals surface area contributed by atoms with E-state index in [0.717, 1.165) is 28.8 Å². The van der Waals surface area contributed by atoms with Crippen LogP contribution in [0.2, 0.25) is 0 Å². The van der Waals surface area contributed by atoms with Crippen LogP contribution in [0.15, 0.2) is 66.7 Å². The number of anilines is 1. The van der Waals surface area contributed by atoms with Crippen molar-refractivity contribution in [3.63, 3.8) is 0 Å². The number of carbonyl (C=O) groups is 1. The number of piperidine rings is 1. The molecule has 1 heterocycles. The van der Waals surface area contributed by atoms with Gasteiger partial charge in [-0.2, -0.15) is 0 Å².